The Morgan fingerprint density at radius 1 is 1.40 bits per heavy atom. The second kappa shape index (κ2) is 8.14. The molecule has 0 fully saturated rings. The molecule has 1 aromatic heterocycles. The van der Waals surface area contributed by atoms with Crippen molar-refractivity contribution in [2.24, 2.45) is 5.92 Å². The highest BCUT2D eigenvalue weighted by molar-refractivity contribution is 5.89. The quantitative estimate of drug-likeness (QED) is 0.714. The van der Waals surface area contributed by atoms with Gasteiger partial charge in [-0.1, -0.05) is 6.92 Å². The lowest BCUT2D eigenvalue weighted by Crippen LogP contribution is -2.30. The summed E-state index contributed by atoms with van der Waals surface area (Å²) in [6, 6.07) is 3.28. The van der Waals surface area contributed by atoms with Crippen molar-refractivity contribution >= 4 is 17.7 Å². The zero-order valence-electron chi connectivity index (χ0n) is 11.8. The minimum absolute atomic E-state index is 0.169. The number of nitrogens with zero attached hydrogens (tertiary/aromatic N) is 1. The molecule has 110 valence electrons. The average Bonchev–Trinajstić information content (AvgIpc) is 2.39. The molecule has 0 spiro atoms. The Morgan fingerprint density at radius 3 is 2.80 bits per heavy atom. The summed E-state index contributed by atoms with van der Waals surface area (Å²) < 4.78 is 0. The van der Waals surface area contributed by atoms with Crippen LogP contribution in [0.25, 0.3) is 0 Å². The van der Waals surface area contributed by atoms with Crippen molar-refractivity contribution in [3.05, 3.63) is 24.0 Å². The lowest BCUT2D eigenvalue weighted by molar-refractivity contribution is -0.137. The van der Waals surface area contributed by atoms with Crippen molar-refractivity contribution in [1.82, 2.24) is 10.3 Å². The maximum atomic E-state index is 11.7. The van der Waals surface area contributed by atoms with Gasteiger partial charge >= 0.3 is 12.0 Å². The van der Waals surface area contributed by atoms with E-state index < -0.39 is 5.97 Å². The molecule has 1 heterocycles. The van der Waals surface area contributed by atoms with E-state index in [-0.39, 0.29) is 18.4 Å². The first kappa shape index (κ1) is 15.9. The van der Waals surface area contributed by atoms with E-state index in [2.05, 4.69) is 15.6 Å². The standard InChI is InChI=1S/C14H21N3O3/c1-10(5-6-13(18)19)7-9-16-14(20)17-12-4-3-8-15-11(12)2/h3-4,8,10H,5-7,9H2,1-2H3,(H,18,19)(H2,16,17,20). The van der Waals surface area contributed by atoms with Gasteiger partial charge in [-0.05, 0) is 37.8 Å². The minimum atomic E-state index is -0.783. The van der Waals surface area contributed by atoms with Crippen LogP contribution in [0.3, 0.4) is 0 Å². The van der Waals surface area contributed by atoms with Gasteiger partial charge in [-0.2, -0.15) is 0 Å². The number of amides is 2. The zero-order valence-corrected chi connectivity index (χ0v) is 11.8. The molecule has 1 atom stereocenters. The number of carboxylic acids is 1. The first-order valence-electron chi connectivity index (χ1n) is 6.67. The molecule has 0 aliphatic carbocycles. The number of carbonyl (C=O) groups is 2. The van der Waals surface area contributed by atoms with E-state index in [0.29, 0.717) is 18.7 Å². The number of anilines is 1. The molecule has 0 saturated carbocycles. The Morgan fingerprint density at radius 2 is 2.15 bits per heavy atom. The van der Waals surface area contributed by atoms with Crippen LogP contribution in [-0.2, 0) is 4.79 Å². The molecule has 1 aromatic rings. The van der Waals surface area contributed by atoms with E-state index in [0.717, 1.165) is 12.1 Å². The third-order valence-electron chi connectivity index (χ3n) is 3.03. The van der Waals surface area contributed by atoms with Gasteiger partial charge in [0.15, 0.2) is 0 Å². The molecule has 1 unspecified atom stereocenters. The second-order valence-electron chi connectivity index (χ2n) is 4.84. The minimum Gasteiger partial charge on any atom is -0.481 e. The highest BCUT2D eigenvalue weighted by atomic mass is 16.4. The number of nitrogens with one attached hydrogen (secondary N) is 2. The highest BCUT2D eigenvalue weighted by Crippen LogP contribution is 2.11. The van der Waals surface area contributed by atoms with Crippen LogP contribution in [0.5, 0.6) is 0 Å². The normalized spacial score (nSPS) is 11.7. The molecule has 0 aliphatic heterocycles. The molecule has 0 aliphatic rings. The number of hydrogen-bond donors (Lipinski definition) is 3. The molecule has 3 N–H and O–H groups in total. The van der Waals surface area contributed by atoms with Gasteiger partial charge < -0.3 is 15.7 Å². The predicted octanol–water partition coefficient (Wildman–Crippen LogP) is 2.40. The van der Waals surface area contributed by atoms with Crippen molar-refractivity contribution in [1.29, 1.82) is 0 Å². The van der Waals surface area contributed by atoms with Gasteiger partial charge in [0, 0.05) is 19.2 Å². The molecule has 0 bridgehead atoms. The summed E-state index contributed by atoms with van der Waals surface area (Å²) in [5.74, 6) is -0.513. The first-order chi connectivity index (χ1) is 9.49. The maximum absolute atomic E-state index is 11.7. The van der Waals surface area contributed by atoms with Gasteiger partial charge in [0.2, 0.25) is 0 Å². The van der Waals surface area contributed by atoms with E-state index in [4.69, 9.17) is 5.11 Å². The lowest BCUT2D eigenvalue weighted by atomic mass is 10.0. The lowest BCUT2D eigenvalue weighted by Gasteiger charge is -2.12. The fraction of sp³-hybridized carbons (Fsp3) is 0.500. The molecular formula is C14H21N3O3. The van der Waals surface area contributed by atoms with Gasteiger partial charge in [0.1, 0.15) is 0 Å². The summed E-state index contributed by atoms with van der Waals surface area (Å²) in [7, 11) is 0. The number of hydrogen-bond acceptors (Lipinski definition) is 3. The third kappa shape index (κ3) is 6.17. The number of carboxylic acid groups (broad SMARTS) is 1. The number of rotatable bonds is 7. The number of urea groups is 1. The van der Waals surface area contributed by atoms with Crippen LogP contribution in [0, 0.1) is 12.8 Å². The van der Waals surface area contributed by atoms with E-state index in [9.17, 15) is 9.59 Å². The number of carbonyl (C=O) groups excluding carboxylic acids is 1. The van der Waals surface area contributed by atoms with Crippen molar-refractivity contribution in [3.63, 3.8) is 0 Å². The molecule has 0 saturated heterocycles. The summed E-state index contributed by atoms with van der Waals surface area (Å²) in [4.78, 5) is 26.2. The van der Waals surface area contributed by atoms with Crippen LogP contribution in [0.1, 0.15) is 31.9 Å². The molecule has 2 amide bonds. The molecule has 0 radical (unpaired) electrons. The SMILES string of the molecule is Cc1ncccc1NC(=O)NCCC(C)CCC(=O)O. The van der Waals surface area contributed by atoms with Crippen LogP contribution in [-0.4, -0.2) is 28.6 Å². The number of aromatic nitrogens is 1. The Kier molecular flexibility index (Phi) is 6.49. The average molecular weight is 279 g/mol. The van der Waals surface area contributed by atoms with Gasteiger partial charge in [0.25, 0.3) is 0 Å². The van der Waals surface area contributed by atoms with Gasteiger partial charge in [0.05, 0.1) is 11.4 Å². The number of aryl methyl sites for hydroxylation is 1. The summed E-state index contributed by atoms with van der Waals surface area (Å²) in [5, 5.41) is 14.1. The topological polar surface area (TPSA) is 91.3 Å². The summed E-state index contributed by atoms with van der Waals surface area (Å²) >= 11 is 0. The Bertz CT molecular complexity index is 463. The van der Waals surface area contributed by atoms with E-state index in [1.54, 1.807) is 18.3 Å². The third-order valence-corrected chi connectivity index (χ3v) is 3.03. The molecule has 6 nitrogen and oxygen atoms in total. The van der Waals surface area contributed by atoms with Crippen molar-refractivity contribution in [2.75, 3.05) is 11.9 Å². The molecule has 6 heteroatoms. The summed E-state index contributed by atoms with van der Waals surface area (Å²) in [5.41, 5.74) is 1.45. The van der Waals surface area contributed by atoms with E-state index >= 15 is 0 Å². The largest absolute Gasteiger partial charge is 0.481 e. The monoisotopic (exact) mass is 279 g/mol. The molecule has 20 heavy (non-hydrogen) atoms. The Balaban J connectivity index is 2.24. The van der Waals surface area contributed by atoms with E-state index in [1.165, 1.54) is 0 Å². The zero-order chi connectivity index (χ0) is 15.0. The van der Waals surface area contributed by atoms with Gasteiger partial charge in [-0.3, -0.25) is 9.78 Å². The number of aliphatic carboxylic acids is 1. The second-order valence-corrected chi connectivity index (χ2v) is 4.84. The van der Waals surface area contributed by atoms with Crippen molar-refractivity contribution < 1.29 is 14.7 Å². The molecular weight excluding hydrogens is 258 g/mol. The smallest absolute Gasteiger partial charge is 0.319 e. The summed E-state index contributed by atoms with van der Waals surface area (Å²) in [6.07, 6.45) is 3.22. The first-order valence-corrected chi connectivity index (χ1v) is 6.67. The number of pyridine rings is 1. The fourth-order valence-corrected chi connectivity index (χ4v) is 1.73. The van der Waals surface area contributed by atoms with Crippen molar-refractivity contribution in [2.45, 2.75) is 33.1 Å². The van der Waals surface area contributed by atoms with Crippen LogP contribution < -0.4 is 10.6 Å². The highest BCUT2D eigenvalue weighted by Gasteiger charge is 2.07. The predicted molar refractivity (Wildman–Crippen MR) is 76.6 cm³/mol. The van der Waals surface area contributed by atoms with Crippen LogP contribution >= 0.6 is 0 Å². The van der Waals surface area contributed by atoms with Crippen LogP contribution in [0.4, 0.5) is 10.5 Å². The Hall–Kier alpha value is -2.11. The molecule has 1 rings (SSSR count). The Labute approximate surface area is 118 Å². The maximum Gasteiger partial charge on any atom is 0.319 e. The van der Waals surface area contributed by atoms with Crippen molar-refractivity contribution in [3.8, 4) is 0 Å². The fourth-order valence-electron chi connectivity index (χ4n) is 1.73. The van der Waals surface area contributed by atoms with Crippen LogP contribution in [0.2, 0.25) is 0 Å². The van der Waals surface area contributed by atoms with E-state index in [1.807, 2.05) is 13.8 Å². The molecule has 0 aromatic carbocycles. The summed E-state index contributed by atoms with van der Waals surface area (Å²) in [6.45, 7) is 4.32. The van der Waals surface area contributed by atoms with Crippen LogP contribution in [0.15, 0.2) is 18.3 Å². The van der Waals surface area contributed by atoms with Gasteiger partial charge in [-0.15, -0.1) is 0 Å². The van der Waals surface area contributed by atoms with Gasteiger partial charge in [-0.25, -0.2) is 4.79 Å².